The van der Waals surface area contributed by atoms with Gasteiger partial charge in [0.25, 0.3) is 0 Å². The van der Waals surface area contributed by atoms with Crippen LogP contribution >= 0.6 is 22.6 Å². The molecule has 0 saturated carbocycles. The molecule has 1 aliphatic rings. The molecule has 8 heteroatoms. The Kier molecular flexibility index (Phi) is 8.52. The van der Waals surface area contributed by atoms with E-state index in [0.29, 0.717) is 37.4 Å². The molecule has 1 aliphatic heterocycles. The molecule has 182 valence electrons. The van der Waals surface area contributed by atoms with Gasteiger partial charge in [-0.1, -0.05) is 44.0 Å². The number of benzene rings is 2. The van der Waals surface area contributed by atoms with Crippen molar-refractivity contribution in [3.63, 3.8) is 0 Å². The molecule has 0 spiro atoms. The maximum Gasteiger partial charge on any atom is 0.241 e. The zero-order valence-electron chi connectivity index (χ0n) is 19.8. The van der Waals surface area contributed by atoms with Crippen molar-refractivity contribution in [1.29, 1.82) is 0 Å². The van der Waals surface area contributed by atoms with Crippen molar-refractivity contribution >= 4 is 39.9 Å². The van der Waals surface area contributed by atoms with Gasteiger partial charge >= 0.3 is 0 Å². The Morgan fingerprint density at radius 1 is 1.17 bits per heavy atom. The third kappa shape index (κ3) is 6.27. The van der Waals surface area contributed by atoms with Crippen LogP contribution in [-0.4, -0.2) is 39.5 Å². The summed E-state index contributed by atoms with van der Waals surface area (Å²) in [6, 6.07) is 13.4. The quantitative estimate of drug-likeness (QED) is 0.230. The van der Waals surface area contributed by atoms with Gasteiger partial charge in [0.15, 0.2) is 5.69 Å². The molecule has 0 unspecified atom stereocenters. The fraction of sp³-hybridized carbons (Fsp3) is 0.370. The number of carbonyl (C=O) groups is 1. The van der Waals surface area contributed by atoms with Gasteiger partial charge in [-0.2, -0.15) is 0 Å². The predicted molar refractivity (Wildman–Crippen MR) is 144 cm³/mol. The number of aromatic nitrogens is 2. The van der Waals surface area contributed by atoms with E-state index in [0.717, 1.165) is 39.8 Å². The molecule has 0 aliphatic carbocycles. The topological polar surface area (TPSA) is 45.7 Å². The van der Waals surface area contributed by atoms with Crippen LogP contribution in [0.1, 0.15) is 43.0 Å². The van der Waals surface area contributed by atoms with Crippen LogP contribution in [0.2, 0.25) is 0 Å². The molecule has 1 aromatic heterocycles. The second kappa shape index (κ2) is 11.8. The Morgan fingerprint density at radius 2 is 1.97 bits per heavy atom. The van der Waals surface area contributed by atoms with E-state index in [2.05, 4.69) is 48.8 Å². The molecule has 6 nitrogen and oxygen atoms in total. The number of halogens is 2. The molecule has 1 atom stereocenters. The summed E-state index contributed by atoms with van der Waals surface area (Å²) >= 11 is 2.18. The van der Waals surface area contributed by atoms with Gasteiger partial charge in [0, 0.05) is 41.1 Å². The van der Waals surface area contributed by atoms with Gasteiger partial charge in [-0.15, -0.1) is 0 Å². The Labute approximate surface area is 219 Å². The second-order valence-electron chi connectivity index (χ2n) is 8.95. The Hall–Kier alpha value is -2.77. The fourth-order valence-electron chi connectivity index (χ4n) is 4.53. The van der Waals surface area contributed by atoms with Crippen LogP contribution in [0.5, 0.6) is 0 Å². The minimum absolute atomic E-state index is 0.0327. The number of piperazine rings is 1. The monoisotopic (exact) mass is 584 g/mol. The minimum Gasteiger partial charge on any atom is -0.329 e. The molecule has 0 bridgehead atoms. The molecule has 1 saturated heterocycles. The highest BCUT2D eigenvalue weighted by molar-refractivity contribution is 14.1. The van der Waals surface area contributed by atoms with Gasteiger partial charge in [0.1, 0.15) is 6.67 Å². The highest BCUT2D eigenvalue weighted by atomic mass is 127. The lowest BCUT2D eigenvalue weighted by Crippen LogP contribution is -2.56. The van der Waals surface area contributed by atoms with Crippen LogP contribution in [0.3, 0.4) is 0 Å². The summed E-state index contributed by atoms with van der Waals surface area (Å²) in [6.07, 6.45) is 6.85. The number of amides is 1. The first kappa shape index (κ1) is 25.3. The summed E-state index contributed by atoms with van der Waals surface area (Å²) in [7, 11) is 0. The van der Waals surface area contributed by atoms with E-state index in [1.54, 1.807) is 6.07 Å². The van der Waals surface area contributed by atoms with Gasteiger partial charge in [-0.05, 0) is 58.3 Å². The zero-order valence-corrected chi connectivity index (χ0v) is 22.0. The summed E-state index contributed by atoms with van der Waals surface area (Å²) in [5.74, 6) is 0.0327. The van der Waals surface area contributed by atoms with Crippen LogP contribution in [0.25, 0.3) is 4.85 Å². The van der Waals surface area contributed by atoms with Crippen LogP contribution in [0.15, 0.2) is 55.0 Å². The highest BCUT2D eigenvalue weighted by Crippen LogP contribution is 2.27. The predicted octanol–water partition coefficient (Wildman–Crippen LogP) is 5.96. The Morgan fingerprint density at radius 3 is 2.69 bits per heavy atom. The molecule has 4 rings (SSSR count). The Bertz CT molecular complexity index is 1200. The summed E-state index contributed by atoms with van der Waals surface area (Å²) < 4.78 is 16.4. The summed E-state index contributed by atoms with van der Waals surface area (Å²) in [4.78, 5) is 25.2. The van der Waals surface area contributed by atoms with Crippen molar-refractivity contribution in [2.45, 2.75) is 52.0 Å². The minimum atomic E-state index is -0.540. The number of hydrogen-bond acceptors (Lipinski definition) is 3. The average molecular weight is 584 g/mol. The van der Waals surface area contributed by atoms with Gasteiger partial charge < -0.3 is 9.47 Å². The van der Waals surface area contributed by atoms with E-state index in [1.165, 1.54) is 0 Å². The van der Waals surface area contributed by atoms with E-state index in [-0.39, 0.29) is 11.9 Å². The molecule has 35 heavy (non-hydrogen) atoms. The van der Waals surface area contributed by atoms with Crippen LogP contribution < -0.4 is 4.90 Å². The summed E-state index contributed by atoms with van der Waals surface area (Å²) in [6.45, 7) is 11.0. The number of alkyl halides is 1. The normalized spacial score (nSPS) is 16.5. The molecular formula is C27H29FIN5O. The van der Waals surface area contributed by atoms with Crippen molar-refractivity contribution in [3.8, 4) is 0 Å². The molecule has 3 aromatic rings. The molecule has 0 N–H and O–H groups in total. The van der Waals surface area contributed by atoms with Crippen LogP contribution in [0, 0.1) is 10.1 Å². The number of unbranched alkanes of at least 4 members (excludes halogenated alkanes) is 1. The number of hydrogen-bond donors (Lipinski definition) is 0. The van der Waals surface area contributed by atoms with E-state index in [9.17, 15) is 9.18 Å². The fourth-order valence-corrected chi connectivity index (χ4v) is 5.25. The zero-order chi connectivity index (χ0) is 24.8. The first-order valence-electron chi connectivity index (χ1n) is 11.9. The first-order valence-corrected chi connectivity index (χ1v) is 12.9. The molecule has 0 radical (unpaired) electrons. The van der Waals surface area contributed by atoms with Crippen molar-refractivity contribution in [3.05, 3.63) is 86.8 Å². The first-order chi connectivity index (χ1) is 17.0. The SMILES string of the molecule is [C-]#[N+]c1ccc(Cn2cncc2CN2CC(=O)N(c3cc(I)cc(C[18F])c3)C[C@@H]2CCCC)cc1. The van der Waals surface area contributed by atoms with Gasteiger partial charge in [0.2, 0.25) is 5.91 Å². The van der Waals surface area contributed by atoms with Crippen molar-refractivity contribution < 1.29 is 9.18 Å². The second-order valence-corrected chi connectivity index (χ2v) is 10.2. The molecule has 1 amide bonds. The lowest BCUT2D eigenvalue weighted by Gasteiger charge is -2.41. The third-order valence-corrected chi connectivity index (χ3v) is 7.05. The molecule has 1 fully saturated rings. The maximum absolute atomic E-state index is 13.4. The largest absolute Gasteiger partial charge is 0.329 e. The van der Waals surface area contributed by atoms with Crippen molar-refractivity contribution in [2.24, 2.45) is 0 Å². The number of anilines is 1. The van der Waals surface area contributed by atoms with Gasteiger partial charge in [0.05, 0.1) is 25.1 Å². The van der Waals surface area contributed by atoms with Gasteiger partial charge in [-0.25, -0.2) is 14.2 Å². The number of carbonyl (C=O) groups excluding carboxylic acids is 1. The highest BCUT2D eigenvalue weighted by Gasteiger charge is 2.33. The van der Waals surface area contributed by atoms with Crippen molar-refractivity contribution in [2.75, 3.05) is 18.0 Å². The van der Waals surface area contributed by atoms with E-state index in [1.807, 2.05) is 53.8 Å². The Balaban J connectivity index is 1.52. The molecule has 2 heterocycles. The standard InChI is InChI=1S/C27H29FIN5O/c1-3-4-5-24-17-34(25-11-21(13-28)10-22(29)12-25)27(35)18-32(24)16-26-14-31-19-33(26)15-20-6-8-23(30-2)9-7-20/h6-12,14,19,24H,3-5,13,15-18H2,1H3/t24-/m0/s1/i28-1. The average Bonchev–Trinajstić information content (AvgIpc) is 3.29. The number of nitrogens with zero attached hydrogens (tertiary/aromatic N) is 5. The lowest BCUT2D eigenvalue weighted by molar-refractivity contribution is -0.122. The van der Waals surface area contributed by atoms with E-state index in [4.69, 9.17) is 6.57 Å². The molecule has 2 aromatic carbocycles. The van der Waals surface area contributed by atoms with E-state index >= 15 is 0 Å². The summed E-state index contributed by atoms with van der Waals surface area (Å²) in [5.41, 5.74) is 4.16. The maximum atomic E-state index is 13.4. The van der Waals surface area contributed by atoms with Crippen LogP contribution in [0.4, 0.5) is 15.8 Å². The summed E-state index contributed by atoms with van der Waals surface area (Å²) in [5, 5.41) is 0. The van der Waals surface area contributed by atoms with E-state index < -0.39 is 6.67 Å². The molecular weight excluding hydrogens is 555 g/mol. The van der Waals surface area contributed by atoms with Crippen molar-refractivity contribution in [1.82, 2.24) is 14.5 Å². The number of rotatable bonds is 9. The van der Waals surface area contributed by atoms with Crippen LogP contribution in [-0.2, 0) is 24.6 Å². The van der Waals surface area contributed by atoms with Gasteiger partial charge in [-0.3, -0.25) is 9.69 Å². The third-order valence-electron chi connectivity index (χ3n) is 6.43. The lowest BCUT2D eigenvalue weighted by atomic mass is 10.0. The number of imidazole rings is 1. The smallest absolute Gasteiger partial charge is 0.241 e.